The Morgan fingerprint density at radius 3 is 2.65 bits per heavy atom. The first-order valence-electron chi connectivity index (χ1n) is 6.44. The smallest absolute Gasteiger partial charge is 0.326 e. The molecule has 0 radical (unpaired) electrons. The second-order valence-electron chi connectivity index (χ2n) is 4.92. The fourth-order valence-corrected chi connectivity index (χ4v) is 2.75. The zero-order chi connectivity index (χ0) is 12.3. The normalized spacial score (nSPS) is 30.0. The second-order valence-corrected chi connectivity index (χ2v) is 4.92. The first kappa shape index (κ1) is 12.4. The maximum atomic E-state index is 12.3. The van der Waals surface area contributed by atoms with Gasteiger partial charge < -0.3 is 15.3 Å². The van der Waals surface area contributed by atoms with Crippen LogP contribution in [0.4, 0.5) is 0 Å². The quantitative estimate of drug-likeness (QED) is 0.735. The molecular formula is C12H20N2O3. The molecule has 17 heavy (non-hydrogen) atoms. The molecule has 5 heteroatoms. The van der Waals surface area contributed by atoms with Crippen molar-refractivity contribution in [1.29, 1.82) is 0 Å². The number of aliphatic carboxylic acids is 1. The molecule has 96 valence electrons. The summed E-state index contributed by atoms with van der Waals surface area (Å²) in [6, 6.07) is -0.599. The zero-order valence-electron chi connectivity index (χ0n) is 10.0. The second kappa shape index (κ2) is 5.49. The average molecular weight is 240 g/mol. The number of hydrogen-bond acceptors (Lipinski definition) is 3. The third kappa shape index (κ3) is 2.77. The summed E-state index contributed by atoms with van der Waals surface area (Å²) in [4.78, 5) is 25.0. The first-order valence-corrected chi connectivity index (χ1v) is 6.44. The topological polar surface area (TPSA) is 69.6 Å². The minimum Gasteiger partial charge on any atom is -0.480 e. The number of hydrogen-bond donors (Lipinski definition) is 2. The monoisotopic (exact) mass is 240 g/mol. The molecule has 0 spiro atoms. The van der Waals surface area contributed by atoms with Crippen LogP contribution in [0.2, 0.25) is 0 Å². The van der Waals surface area contributed by atoms with Gasteiger partial charge in [-0.2, -0.15) is 0 Å². The zero-order valence-corrected chi connectivity index (χ0v) is 10.0. The molecule has 0 aromatic rings. The first-order chi connectivity index (χ1) is 8.20. The van der Waals surface area contributed by atoms with E-state index in [0.29, 0.717) is 19.5 Å². The van der Waals surface area contributed by atoms with Gasteiger partial charge >= 0.3 is 5.97 Å². The summed E-state index contributed by atoms with van der Waals surface area (Å²) in [6.45, 7) is 2.26. The third-order valence-electron chi connectivity index (χ3n) is 3.72. The average Bonchev–Trinajstić information content (AvgIpc) is 2.39. The number of likely N-dealkylation sites (tertiary alicyclic amines) is 1. The van der Waals surface area contributed by atoms with Crippen molar-refractivity contribution in [3.63, 3.8) is 0 Å². The molecule has 2 saturated heterocycles. The summed E-state index contributed by atoms with van der Waals surface area (Å²) in [5, 5.41) is 12.4. The molecule has 2 aliphatic rings. The lowest BCUT2D eigenvalue weighted by atomic mass is 9.94. The molecule has 5 nitrogen and oxygen atoms in total. The Morgan fingerprint density at radius 1 is 1.18 bits per heavy atom. The van der Waals surface area contributed by atoms with Crippen LogP contribution in [0, 0.1) is 5.92 Å². The summed E-state index contributed by atoms with van der Waals surface area (Å²) in [6.07, 6.45) is 4.32. The molecule has 2 aliphatic heterocycles. The molecular weight excluding hydrogens is 220 g/mol. The highest BCUT2D eigenvalue weighted by atomic mass is 16.4. The molecule has 0 unspecified atom stereocenters. The Hall–Kier alpha value is -1.10. The SMILES string of the molecule is O=C(O)[C@H]1CCCCN1C(=O)[C@H]1CCCNC1. The lowest BCUT2D eigenvalue weighted by molar-refractivity contribution is -0.154. The number of carbonyl (C=O) groups excluding carboxylic acids is 1. The molecule has 0 bridgehead atoms. The number of carboxylic acids is 1. The molecule has 1 amide bonds. The van der Waals surface area contributed by atoms with Gasteiger partial charge in [-0.1, -0.05) is 0 Å². The van der Waals surface area contributed by atoms with E-state index in [4.69, 9.17) is 5.11 Å². The Labute approximate surface area is 101 Å². The standard InChI is InChI=1S/C12H20N2O3/c15-11(9-4-3-6-13-8-9)14-7-2-1-5-10(14)12(16)17/h9-10,13H,1-8H2,(H,16,17)/t9-,10+/m0/s1. The number of carboxylic acid groups (broad SMARTS) is 1. The van der Waals surface area contributed by atoms with E-state index in [0.717, 1.165) is 32.2 Å². The molecule has 0 aromatic heterocycles. The van der Waals surface area contributed by atoms with Gasteiger partial charge in [0.2, 0.25) is 5.91 Å². The Kier molecular flexibility index (Phi) is 3.99. The largest absolute Gasteiger partial charge is 0.480 e. The molecule has 2 heterocycles. The van der Waals surface area contributed by atoms with E-state index in [-0.39, 0.29) is 11.8 Å². The molecule has 2 atom stereocenters. The van der Waals surface area contributed by atoms with Crippen LogP contribution in [0.1, 0.15) is 32.1 Å². The maximum Gasteiger partial charge on any atom is 0.326 e. The molecule has 0 saturated carbocycles. The van der Waals surface area contributed by atoms with Crippen molar-refractivity contribution in [3.05, 3.63) is 0 Å². The lowest BCUT2D eigenvalue weighted by Gasteiger charge is -2.36. The van der Waals surface area contributed by atoms with Gasteiger partial charge in [0.15, 0.2) is 0 Å². The minimum absolute atomic E-state index is 0.0244. The van der Waals surface area contributed by atoms with Crippen LogP contribution in [0.5, 0.6) is 0 Å². The molecule has 2 fully saturated rings. The van der Waals surface area contributed by atoms with Crippen LogP contribution in [0.25, 0.3) is 0 Å². The fourth-order valence-electron chi connectivity index (χ4n) is 2.75. The van der Waals surface area contributed by atoms with E-state index in [1.54, 1.807) is 4.90 Å². The molecule has 2 N–H and O–H groups in total. The van der Waals surface area contributed by atoms with Gasteiger partial charge in [0.1, 0.15) is 6.04 Å². The number of rotatable bonds is 2. The van der Waals surface area contributed by atoms with Crippen LogP contribution >= 0.6 is 0 Å². The van der Waals surface area contributed by atoms with E-state index in [1.807, 2.05) is 0 Å². The van der Waals surface area contributed by atoms with Gasteiger partial charge in [-0.15, -0.1) is 0 Å². The van der Waals surface area contributed by atoms with Gasteiger partial charge in [0.25, 0.3) is 0 Å². The maximum absolute atomic E-state index is 12.3. The van der Waals surface area contributed by atoms with E-state index in [9.17, 15) is 9.59 Å². The summed E-state index contributed by atoms with van der Waals surface area (Å²) < 4.78 is 0. The number of carbonyl (C=O) groups is 2. The number of nitrogens with zero attached hydrogens (tertiary/aromatic N) is 1. The van der Waals surface area contributed by atoms with Crippen molar-refractivity contribution >= 4 is 11.9 Å². The number of amides is 1. The van der Waals surface area contributed by atoms with Crippen molar-refractivity contribution in [1.82, 2.24) is 10.2 Å². The van der Waals surface area contributed by atoms with Gasteiger partial charge in [-0.05, 0) is 38.6 Å². The Morgan fingerprint density at radius 2 is 2.00 bits per heavy atom. The Bertz CT molecular complexity index is 300. The van der Waals surface area contributed by atoms with E-state index >= 15 is 0 Å². The summed E-state index contributed by atoms with van der Waals surface area (Å²) in [5.41, 5.74) is 0. The van der Waals surface area contributed by atoms with Crippen molar-refractivity contribution < 1.29 is 14.7 Å². The summed E-state index contributed by atoms with van der Waals surface area (Å²) in [5.74, 6) is -0.852. The number of piperidine rings is 2. The van der Waals surface area contributed by atoms with Crippen molar-refractivity contribution in [3.8, 4) is 0 Å². The molecule has 0 aromatic carbocycles. The molecule has 0 aliphatic carbocycles. The molecule has 2 rings (SSSR count). The van der Waals surface area contributed by atoms with E-state index < -0.39 is 12.0 Å². The summed E-state index contributed by atoms with van der Waals surface area (Å²) in [7, 11) is 0. The highest BCUT2D eigenvalue weighted by Gasteiger charge is 2.35. The van der Waals surface area contributed by atoms with Crippen LogP contribution in [-0.2, 0) is 9.59 Å². The van der Waals surface area contributed by atoms with E-state index in [2.05, 4.69) is 5.32 Å². The van der Waals surface area contributed by atoms with Gasteiger partial charge in [0, 0.05) is 13.1 Å². The van der Waals surface area contributed by atoms with Crippen molar-refractivity contribution in [2.45, 2.75) is 38.1 Å². The number of nitrogens with one attached hydrogen (secondary N) is 1. The van der Waals surface area contributed by atoms with Crippen LogP contribution in [0.3, 0.4) is 0 Å². The van der Waals surface area contributed by atoms with Gasteiger partial charge in [0.05, 0.1) is 5.92 Å². The van der Waals surface area contributed by atoms with Crippen molar-refractivity contribution in [2.24, 2.45) is 5.92 Å². The Balaban J connectivity index is 2.02. The van der Waals surface area contributed by atoms with Gasteiger partial charge in [-0.25, -0.2) is 4.79 Å². The predicted octanol–water partition coefficient (Wildman–Crippen LogP) is 0.452. The summed E-state index contributed by atoms with van der Waals surface area (Å²) >= 11 is 0. The van der Waals surface area contributed by atoms with Crippen LogP contribution in [-0.4, -0.2) is 47.6 Å². The minimum atomic E-state index is -0.859. The van der Waals surface area contributed by atoms with Crippen molar-refractivity contribution in [2.75, 3.05) is 19.6 Å². The fraction of sp³-hybridized carbons (Fsp3) is 0.833. The predicted molar refractivity (Wildman–Crippen MR) is 62.6 cm³/mol. The van der Waals surface area contributed by atoms with Crippen LogP contribution < -0.4 is 5.32 Å². The third-order valence-corrected chi connectivity index (χ3v) is 3.72. The highest BCUT2D eigenvalue weighted by Crippen LogP contribution is 2.22. The van der Waals surface area contributed by atoms with Crippen LogP contribution in [0.15, 0.2) is 0 Å². The lowest BCUT2D eigenvalue weighted by Crippen LogP contribution is -2.52. The van der Waals surface area contributed by atoms with Gasteiger partial charge in [-0.3, -0.25) is 4.79 Å². The highest BCUT2D eigenvalue weighted by molar-refractivity contribution is 5.85. The van der Waals surface area contributed by atoms with E-state index in [1.165, 1.54) is 0 Å².